The molecule has 3 nitrogen and oxygen atoms in total. The second-order valence-corrected chi connectivity index (χ2v) is 8.23. The summed E-state index contributed by atoms with van der Waals surface area (Å²) in [6, 6.07) is 5.05. The van der Waals surface area contributed by atoms with E-state index in [0.29, 0.717) is 27.4 Å². The molecule has 0 amide bonds. The van der Waals surface area contributed by atoms with Crippen molar-refractivity contribution < 1.29 is 8.42 Å². The summed E-state index contributed by atoms with van der Waals surface area (Å²) < 4.78 is 23.6. The molecule has 0 aliphatic heterocycles. The quantitative estimate of drug-likeness (QED) is 0.838. The summed E-state index contributed by atoms with van der Waals surface area (Å²) in [5.41, 5.74) is 1.13. The zero-order valence-electron chi connectivity index (χ0n) is 12.1. The molecular formula is C15H22ClNO2S. The predicted molar refractivity (Wildman–Crippen MR) is 82.8 cm³/mol. The van der Waals surface area contributed by atoms with Gasteiger partial charge >= 0.3 is 0 Å². The van der Waals surface area contributed by atoms with Gasteiger partial charge in [0, 0.05) is 29.9 Å². The zero-order chi connectivity index (χ0) is 14.8. The van der Waals surface area contributed by atoms with Gasteiger partial charge in [0.15, 0.2) is 9.84 Å². The molecule has 20 heavy (non-hydrogen) atoms. The Kier molecular flexibility index (Phi) is 4.77. The van der Waals surface area contributed by atoms with Gasteiger partial charge < -0.3 is 5.32 Å². The van der Waals surface area contributed by atoms with Crippen LogP contribution in [0.1, 0.15) is 38.2 Å². The van der Waals surface area contributed by atoms with Crippen molar-refractivity contribution in [1.29, 1.82) is 0 Å². The lowest BCUT2D eigenvalue weighted by Crippen LogP contribution is -2.24. The van der Waals surface area contributed by atoms with Crippen LogP contribution < -0.4 is 5.32 Å². The highest BCUT2D eigenvalue weighted by atomic mass is 35.5. The van der Waals surface area contributed by atoms with Crippen LogP contribution in [0.15, 0.2) is 23.1 Å². The van der Waals surface area contributed by atoms with Crippen molar-refractivity contribution in [3.63, 3.8) is 0 Å². The molecule has 1 fully saturated rings. The van der Waals surface area contributed by atoms with Crippen LogP contribution in [0.2, 0.25) is 5.02 Å². The summed E-state index contributed by atoms with van der Waals surface area (Å²) in [5, 5.41) is 3.91. The minimum absolute atomic E-state index is 0.331. The second kappa shape index (κ2) is 6.04. The molecule has 1 N–H and O–H groups in total. The maximum absolute atomic E-state index is 11.8. The minimum Gasteiger partial charge on any atom is -0.312 e. The third-order valence-corrected chi connectivity index (χ3v) is 5.55. The lowest BCUT2D eigenvalue weighted by Gasteiger charge is -2.16. The summed E-state index contributed by atoms with van der Waals surface area (Å²) in [6.45, 7) is 3.65. The Labute approximate surface area is 126 Å². The fraction of sp³-hybridized carbons (Fsp3) is 0.600. The van der Waals surface area contributed by atoms with E-state index in [9.17, 15) is 8.42 Å². The Morgan fingerprint density at radius 3 is 2.60 bits per heavy atom. The highest BCUT2D eigenvalue weighted by Crippen LogP contribution is 2.49. The van der Waals surface area contributed by atoms with Gasteiger partial charge in [-0.1, -0.05) is 31.0 Å². The van der Waals surface area contributed by atoms with Crippen molar-refractivity contribution in [2.75, 3.05) is 12.8 Å². The molecule has 112 valence electrons. The van der Waals surface area contributed by atoms with Gasteiger partial charge in [-0.2, -0.15) is 0 Å². The van der Waals surface area contributed by atoms with Crippen LogP contribution in [0, 0.1) is 5.41 Å². The van der Waals surface area contributed by atoms with Gasteiger partial charge in [-0.05, 0) is 36.8 Å². The maximum atomic E-state index is 11.8. The van der Waals surface area contributed by atoms with E-state index in [1.54, 1.807) is 18.2 Å². The van der Waals surface area contributed by atoms with Gasteiger partial charge in [0.2, 0.25) is 0 Å². The van der Waals surface area contributed by atoms with Crippen LogP contribution in [0.5, 0.6) is 0 Å². The number of nitrogens with one attached hydrogen (secondary N) is 1. The fourth-order valence-electron chi connectivity index (χ4n) is 2.73. The molecule has 2 rings (SSSR count). The van der Waals surface area contributed by atoms with Gasteiger partial charge in [0.05, 0.1) is 4.90 Å². The normalized spacial score (nSPS) is 17.1. The number of hydrogen-bond acceptors (Lipinski definition) is 3. The van der Waals surface area contributed by atoms with Gasteiger partial charge in [-0.25, -0.2) is 8.42 Å². The molecule has 0 unspecified atom stereocenters. The highest BCUT2D eigenvalue weighted by Gasteiger charge is 2.40. The predicted octanol–water partition coefficient (Wildman–Crippen LogP) is 3.41. The molecular weight excluding hydrogens is 294 g/mol. The van der Waals surface area contributed by atoms with Crippen molar-refractivity contribution in [3.8, 4) is 0 Å². The number of benzene rings is 1. The highest BCUT2D eigenvalue weighted by molar-refractivity contribution is 7.90. The van der Waals surface area contributed by atoms with Crippen molar-refractivity contribution >= 4 is 21.4 Å². The summed E-state index contributed by atoms with van der Waals surface area (Å²) >= 11 is 6.16. The van der Waals surface area contributed by atoms with E-state index in [1.807, 2.05) is 0 Å². The minimum atomic E-state index is -3.24. The topological polar surface area (TPSA) is 46.2 Å². The van der Waals surface area contributed by atoms with E-state index < -0.39 is 9.84 Å². The monoisotopic (exact) mass is 315 g/mol. The molecule has 1 aliphatic carbocycles. The first-order valence-corrected chi connectivity index (χ1v) is 9.33. The van der Waals surface area contributed by atoms with Crippen LogP contribution in [-0.4, -0.2) is 21.2 Å². The van der Waals surface area contributed by atoms with E-state index >= 15 is 0 Å². The van der Waals surface area contributed by atoms with Crippen LogP contribution in [-0.2, 0) is 16.4 Å². The van der Waals surface area contributed by atoms with E-state index in [0.717, 1.165) is 6.54 Å². The SMILES string of the molecule is CCCC1(CNCc2c(Cl)cccc2S(C)(=O)=O)CC1. The third kappa shape index (κ3) is 3.74. The van der Waals surface area contributed by atoms with Crippen LogP contribution in [0.3, 0.4) is 0 Å². The number of halogens is 1. The average molecular weight is 316 g/mol. The molecule has 0 atom stereocenters. The Balaban J connectivity index is 2.06. The van der Waals surface area contributed by atoms with E-state index in [2.05, 4.69) is 12.2 Å². The molecule has 1 saturated carbocycles. The van der Waals surface area contributed by atoms with Crippen LogP contribution >= 0.6 is 11.6 Å². The van der Waals surface area contributed by atoms with Gasteiger partial charge in [-0.15, -0.1) is 0 Å². The molecule has 0 spiro atoms. The lowest BCUT2D eigenvalue weighted by atomic mass is 10.0. The second-order valence-electron chi connectivity index (χ2n) is 5.84. The molecule has 0 saturated heterocycles. The molecule has 1 aliphatic rings. The third-order valence-electron chi connectivity index (χ3n) is 4.01. The van der Waals surface area contributed by atoms with E-state index in [1.165, 1.54) is 31.9 Å². The number of hydrogen-bond donors (Lipinski definition) is 1. The van der Waals surface area contributed by atoms with Gasteiger partial charge in [0.1, 0.15) is 0 Å². The molecule has 5 heteroatoms. The Morgan fingerprint density at radius 2 is 2.05 bits per heavy atom. The standard InChI is InChI=1S/C15H22ClNO2S/c1-3-7-15(8-9-15)11-17-10-12-13(16)5-4-6-14(12)20(2,18)19/h4-6,17H,3,7-11H2,1-2H3. The molecule has 1 aromatic carbocycles. The zero-order valence-corrected chi connectivity index (χ0v) is 13.6. The van der Waals surface area contributed by atoms with Crippen molar-refractivity contribution in [3.05, 3.63) is 28.8 Å². The smallest absolute Gasteiger partial charge is 0.175 e. The largest absolute Gasteiger partial charge is 0.312 e. The first-order valence-electron chi connectivity index (χ1n) is 7.06. The van der Waals surface area contributed by atoms with Crippen LogP contribution in [0.25, 0.3) is 0 Å². The van der Waals surface area contributed by atoms with Crippen molar-refractivity contribution in [2.45, 2.75) is 44.0 Å². The number of rotatable bonds is 7. The Hall–Kier alpha value is -0.580. The summed E-state index contributed by atoms with van der Waals surface area (Å²) in [5.74, 6) is 0. The fourth-order valence-corrected chi connectivity index (χ4v) is 3.99. The molecule has 0 radical (unpaired) electrons. The summed E-state index contributed by atoms with van der Waals surface area (Å²) in [4.78, 5) is 0.331. The summed E-state index contributed by atoms with van der Waals surface area (Å²) in [6.07, 6.45) is 6.20. The van der Waals surface area contributed by atoms with E-state index in [4.69, 9.17) is 11.6 Å². The number of sulfone groups is 1. The first kappa shape index (κ1) is 15.8. The summed E-state index contributed by atoms with van der Waals surface area (Å²) in [7, 11) is -3.24. The van der Waals surface area contributed by atoms with E-state index in [-0.39, 0.29) is 0 Å². The van der Waals surface area contributed by atoms with Gasteiger partial charge in [0.25, 0.3) is 0 Å². The molecule has 0 heterocycles. The van der Waals surface area contributed by atoms with Gasteiger partial charge in [-0.3, -0.25) is 0 Å². The average Bonchev–Trinajstić information content (AvgIpc) is 3.10. The first-order chi connectivity index (χ1) is 9.38. The molecule has 1 aromatic rings. The van der Waals surface area contributed by atoms with Crippen molar-refractivity contribution in [2.24, 2.45) is 5.41 Å². The Morgan fingerprint density at radius 1 is 1.35 bits per heavy atom. The molecule has 0 bridgehead atoms. The Bertz CT molecular complexity index is 580. The maximum Gasteiger partial charge on any atom is 0.175 e. The van der Waals surface area contributed by atoms with Crippen LogP contribution in [0.4, 0.5) is 0 Å². The molecule has 0 aromatic heterocycles. The lowest BCUT2D eigenvalue weighted by molar-refractivity contribution is 0.420. The van der Waals surface area contributed by atoms with Crippen molar-refractivity contribution in [1.82, 2.24) is 5.32 Å².